The molecule has 0 aliphatic carbocycles. The lowest BCUT2D eigenvalue weighted by Crippen LogP contribution is -2.24. The third kappa shape index (κ3) is 5.28. The molecule has 30 heavy (non-hydrogen) atoms. The number of hydroxylamine groups is 1. The first-order valence-corrected chi connectivity index (χ1v) is 10.6. The minimum Gasteiger partial charge on any atom is -0.508 e. The Labute approximate surface area is 177 Å². The maximum atomic E-state index is 13.0. The molecule has 0 fully saturated rings. The van der Waals surface area contributed by atoms with Gasteiger partial charge in [-0.1, -0.05) is 12.8 Å². The number of aromatic hydroxyl groups is 2. The quantitative estimate of drug-likeness (QED) is 0.199. The summed E-state index contributed by atoms with van der Waals surface area (Å²) in [6, 6.07) is 11.6. The van der Waals surface area contributed by atoms with Gasteiger partial charge in [0, 0.05) is 27.9 Å². The van der Waals surface area contributed by atoms with E-state index in [2.05, 4.69) is 5.32 Å². The summed E-state index contributed by atoms with van der Waals surface area (Å²) in [5.41, 5.74) is 2.99. The van der Waals surface area contributed by atoms with Crippen LogP contribution in [-0.2, 0) is 4.79 Å². The number of unbranched alkanes of at least 4 members (excludes halogenated alkanes) is 3. The van der Waals surface area contributed by atoms with Crippen LogP contribution in [0.3, 0.4) is 0 Å². The molecule has 0 bridgehead atoms. The van der Waals surface area contributed by atoms with Crippen molar-refractivity contribution in [3.8, 4) is 21.9 Å². The summed E-state index contributed by atoms with van der Waals surface area (Å²) in [5.74, 6) is -0.280. The number of fused-ring (bicyclic) bond motifs is 1. The Morgan fingerprint density at radius 3 is 2.33 bits per heavy atom. The fourth-order valence-electron chi connectivity index (χ4n) is 3.24. The van der Waals surface area contributed by atoms with Crippen molar-refractivity contribution < 1.29 is 25.0 Å². The van der Waals surface area contributed by atoms with Crippen molar-refractivity contribution in [1.29, 1.82) is 0 Å². The molecule has 3 aromatic rings. The molecule has 8 heteroatoms. The molecule has 0 atom stereocenters. The van der Waals surface area contributed by atoms with Gasteiger partial charge in [-0.15, -0.1) is 11.3 Å². The zero-order valence-corrected chi connectivity index (χ0v) is 17.2. The summed E-state index contributed by atoms with van der Waals surface area (Å²) in [7, 11) is 0. The molecular formula is C22H24N2O5S. The van der Waals surface area contributed by atoms with Gasteiger partial charge in [-0.2, -0.15) is 0 Å². The zero-order valence-electron chi connectivity index (χ0n) is 16.4. The predicted molar refractivity (Wildman–Crippen MR) is 116 cm³/mol. The number of amides is 2. The molecule has 7 nitrogen and oxygen atoms in total. The molecule has 0 spiro atoms. The first-order chi connectivity index (χ1) is 14.5. The fraction of sp³-hybridized carbons (Fsp3) is 0.273. The van der Waals surface area contributed by atoms with E-state index >= 15 is 0 Å². The third-order valence-electron chi connectivity index (χ3n) is 4.77. The van der Waals surface area contributed by atoms with Gasteiger partial charge < -0.3 is 15.5 Å². The van der Waals surface area contributed by atoms with Gasteiger partial charge >= 0.3 is 0 Å². The summed E-state index contributed by atoms with van der Waals surface area (Å²) in [6.07, 6.45) is 3.45. The maximum absolute atomic E-state index is 13.0. The topological polar surface area (TPSA) is 119 Å². The highest BCUT2D eigenvalue weighted by molar-refractivity contribution is 7.22. The van der Waals surface area contributed by atoms with Crippen LogP contribution in [0.15, 0.2) is 42.5 Å². The number of carbonyl (C=O) groups is 2. The van der Waals surface area contributed by atoms with Crippen molar-refractivity contribution in [3.63, 3.8) is 0 Å². The number of carbonyl (C=O) groups excluding carboxylic acids is 2. The number of phenolic OH excluding ortho intramolecular Hbond substituents is 2. The predicted octanol–water partition coefficient (Wildman–Crippen LogP) is 4.17. The molecular weight excluding hydrogens is 404 g/mol. The summed E-state index contributed by atoms with van der Waals surface area (Å²) in [4.78, 5) is 24.7. The van der Waals surface area contributed by atoms with Gasteiger partial charge in [-0.3, -0.25) is 14.8 Å². The fourth-order valence-corrected chi connectivity index (χ4v) is 4.48. The highest BCUT2D eigenvalue weighted by Crippen LogP contribution is 2.40. The Hall–Kier alpha value is -3.10. The maximum Gasteiger partial charge on any atom is 0.253 e. The summed E-state index contributed by atoms with van der Waals surface area (Å²) in [5, 5.41) is 31.6. The number of hydrogen-bond donors (Lipinski definition) is 5. The van der Waals surface area contributed by atoms with Crippen LogP contribution in [0, 0.1) is 0 Å². The molecule has 2 aromatic carbocycles. The highest BCUT2D eigenvalue weighted by atomic mass is 32.1. The Morgan fingerprint density at radius 2 is 1.60 bits per heavy atom. The van der Waals surface area contributed by atoms with Crippen LogP contribution < -0.4 is 10.8 Å². The second kappa shape index (κ2) is 10.1. The number of phenols is 2. The van der Waals surface area contributed by atoms with Crippen LogP contribution in [-0.4, -0.2) is 33.8 Å². The van der Waals surface area contributed by atoms with Gasteiger partial charge in [0.15, 0.2) is 0 Å². The number of benzene rings is 2. The Morgan fingerprint density at radius 1 is 0.900 bits per heavy atom. The number of rotatable bonds is 9. The van der Waals surface area contributed by atoms with Gasteiger partial charge in [0.1, 0.15) is 11.5 Å². The van der Waals surface area contributed by atoms with E-state index in [9.17, 15) is 19.8 Å². The van der Waals surface area contributed by atoms with E-state index in [0.29, 0.717) is 18.5 Å². The zero-order chi connectivity index (χ0) is 21.5. The number of thiophene rings is 1. The average molecular weight is 429 g/mol. The first-order valence-electron chi connectivity index (χ1n) is 9.75. The van der Waals surface area contributed by atoms with Crippen molar-refractivity contribution in [1.82, 2.24) is 10.8 Å². The molecule has 0 radical (unpaired) electrons. The number of hydrogen-bond acceptors (Lipinski definition) is 6. The first kappa shape index (κ1) is 21.6. The minimum absolute atomic E-state index is 0.142. The van der Waals surface area contributed by atoms with E-state index in [4.69, 9.17) is 5.21 Å². The van der Waals surface area contributed by atoms with Crippen LogP contribution in [0.4, 0.5) is 0 Å². The second-order valence-corrected chi connectivity index (χ2v) is 8.04. The smallest absolute Gasteiger partial charge is 0.253 e. The normalized spacial score (nSPS) is 10.8. The lowest BCUT2D eigenvalue weighted by atomic mass is 10.0. The largest absolute Gasteiger partial charge is 0.508 e. The van der Waals surface area contributed by atoms with E-state index in [-0.39, 0.29) is 29.7 Å². The second-order valence-electron chi connectivity index (χ2n) is 6.99. The molecule has 0 saturated heterocycles. The molecule has 0 saturated carbocycles. The molecule has 158 valence electrons. The lowest BCUT2D eigenvalue weighted by Gasteiger charge is -2.08. The Kier molecular flexibility index (Phi) is 7.26. The standard InChI is InChI=1S/C22H24N2O5S/c25-15-8-6-14(7-9-15)21-20(17-11-10-16(26)13-18(17)30-21)22(28)23-12-4-2-1-3-5-19(27)24-29/h6-11,13,25-26,29H,1-5,12H2,(H,23,28)(H,24,27). The third-order valence-corrected chi connectivity index (χ3v) is 5.97. The molecule has 1 aromatic heterocycles. The van der Waals surface area contributed by atoms with E-state index in [0.717, 1.165) is 39.8 Å². The molecule has 3 rings (SSSR count). The molecule has 0 unspecified atom stereocenters. The van der Waals surface area contributed by atoms with E-state index in [1.807, 2.05) is 0 Å². The van der Waals surface area contributed by atoms with Gasteiger partial charge in [0.25, 0.3) is 5.91 Å². The Balaban J connectivity index is 1.69. The number of nitrogens with one attached hydrogen (secondary N) is 2. The minimum atomic E-state index is -0.388. The van der Waals surface area contributed by atoms with Crippen molar-refractivity contribution >= 4 is 33.2 Å². The van der Waals surface area contributed by atoms with Crippen LogP contribution in [0.25, 0.3) is 20.5 Å². The van der Waals surface area contributed by atoms with E-state index < -0.39 is 0 Å². The van der Waals surface area contributed by atoms with E-state index in [1.54, 1.807) is 47.9 Å². The van der Waals surface area contributed by atoms with Gasteiger partial charge in [0.05, 0.1) is 5.56 Å². The van der Waals surface area contributed by atoms with Crippen molar-refractivity contribution in [2.75, 3.05) is 6.54 Å². The molecule has 0 aliphatic rings. The summed E-state index contributed by atoms with van der Waals surface area (Å²) in [6.45, 7) is 0.509. The van der Waals surface area contributed by atoms with Crippen LogP contribution in [0.5, 0.6) is 11.5 Å². The monoisotopic (exact) mass is 428 g/mol. The summed E-state index contributed by atoms with van der Waals surface area (Å²) < 4.78 is 0.811. The van der Waals surface area contributed by atoms with Crippen LogP contribution in [0.2, 0.25) is 0 Å². The van der Waals surface area contributed by atoms with Crippen molar-refractivity contribution in [3.05, 3.63) is 48.0 Å². The summed E-state index contributed by atoms with van der Waals surface area (Å²) >= 11 is 1.42. The molecule has 0 aliphatic heterocycles. The van der Waals surface area contributed by atoms with E-state index in [1.165, 1.54) is 11.3 Å². The average Bonchev–Trinajstić information content (AvgIpc) is 3.11. The molecule has 5 N–H and O–H groups in total. The van der Waals surface area contributed by atoms with Gasteiger partial charge in [-0.05, 0) is 60.9 Å². The Bertz CT molecular complexity index is 1030. The van der Waals surface area contributed by atoms with Crippen LogP contribution in [0.1, 0.15) is 42.5 Å². The van der Waals surface area contributed by atoms with Crippen molar-refractivity contribution in [2.24, 2.45) is 0 Å². The van der Waals surface area contributed by atoms with Gasteiger partial charge in [-0.25, -0.2) is 5.48 Å². The molecule has 1 heterocycles. The van der Waals surface area contributed by atoms with Crippen molar-refractivity contribution in [2.45, 2.75) is 32.1 Å². The highest BCUT2D eigenvalue weighted by Gasteiger charge is 2.20. The SMILES string of the molecule is O=C(CCCCCCNC(=O)c1c(-c2ccc(O)cc2)sc2cc(O)ccc12)NO. The lowest BCUT2D eigenvalue weighted by molar-refractivity contribution is -0.129. The molecule has 2 amide bonds. The van der Waals surface area contributed by atoms with Gasteiger partial charge in [0.2, 0.25) is 5.91 Å². The van der Waals surface area contributed by atoms with Crippen LogP contribution >= 0.6 is 11.3 Å².